The number of likely N-dealkylation sites (tertiary alicyclic amines) is 1. The number of benzene rings is 1. The number of piperidine rings is 1. The Hall–Kier alpha value is -1.47. The van der Waals surface area contributed by atoms with Gasteiger partial charge in [0.15, 0.2) is 17.6 Å². The minimum Gasteiger partial charge on any atom is -0.493 e. The van der Waals surface area contributed by atoms with Crippen molar-refractivity contribution in [1.82, 2.24) is 4.90 Å². The molecule has 7 heteroatoms. The lowest BCUT2D eigenvalue weighted by molar-refractivity contribution is -0.223. The molecule has 0 saturated carbocycles. The van der Waals surface area contributed by atoms with Crippen LogP contribution in [-0.2, 0) is 6.54 Å². The van der Waals surface area contributed by atoms with E-state index in [0.29, 0.717) is 50.6 Å². The number of nitrogens with zero attached hydrogens (tertiary/aromatic N) is 1. The maximum Gasteiger partial charge on any atom is 0.414 e. The van der Waals surface area contributed by atoms with Gasteiger partial charge >= 0.3 is 6.18 Å². The van der Waals surface area contributed by atoms with Crippen molar-refractivity contribution < 1.29 is 27.8 Å². The second-order valence-electron chi connectivity index (χ2n) is 6.02. The van der Waals surface area contributed by atoms with Gasteiger partial charge in [0.05, 0.1) is 13.7 Å². The van der Waals surface area contributed by atoms with Crippen LogP contribution in [0.1, 0.15) is 25.3 Å². The smallest absolute Gasteiger partial charge is 0.414 e. The summed E-state index contributed by atoms with van der Waals surface area (Å²) < 4.78 is 48.5. The molecule has 136 valence electrons. The van der Waals surface area contributed by atoms with E-state index in [0.717, 1.165) is 5.56 Å². The first-order chi connectivity index (χ1) is 11.3. The molecule has 1 saturated heterocycles. The normalized spacial score (nSPS) is 18.4. The molecule has 1 aliphatic heterocycles. The average Bonchev–Trinajstić information content (AvgIpc) is 2.55. The van der Waals surface area contributed by atoms with Crippen LogP contribution in [0.4, 0.5) is 13.2 Å². The molecule has 0 amide bonds. The molecule has 1 N–H and O–H groups in total. The molecule has 0 aromatic heterocycles. The minimum atomic E-state index is -4.53. The molecule has 4 nitrogen and oxygen atoms in total. The summed E-state index contributed by atoms with van der Waals surface area (Å²) in [5, 5.41) is 9.36. The maximum absolute atomic E-state index is 12.6. The molecule has 1 aliphatic rings. The van der Waals surface area contributed by atoms with Crippen LogP contribution in [0, 0.1) is 5.92 Å². The van der Waals surface area contributed by atoms with Gasteiger partial charge in [-0.3, -0.25) is 4.90 Å². The molecule has 24 heavy (non-hydrogen) atoms. The summed E-state index contributed by atoms with van der Waals surface area (Å²) in [6.07, 6.45) is -6.07. The fourth-order valence-corrected chi connectivity index (χ4v) is 3.04. The fourth-order valence-electron chi connectivity index (χ4n) is 3.04. The Bertz CT molecular complexity index is 528. The van der Waals surface area contributed by atoms with Crippen molar-refractivity contribution in [3.63, 3.8) is 0 Å². The van der Waals surface area contributed by atoms with E-state index in [-0.39, 0.29) is 0 Å². The van der Waals surface area contributed by atoms with E-state index in [1.165, 1.54) is 0 Å². The molecule has 1 heterocycles. The highest BCUT2D eigenvalue weighted by Gasteiger charge is 2.44. The number of hydrogen-bond donors (Lipinski definition) is 1. The Morgan fingerprint density at radius 1 is 1.25 bits per heavy atom. The van der Waals surface area contributed by atoms with E-state index in [9.17, 15) is 18.3 Å². The highest BCUT2D eigenvalue weighted by atomic mass is 19.4. The summed E-state index contributed by atoms with van der Waals surface area (Å²) in [5.41, 5.74) is 1.02. The quantitative estimate of drug-likeness (QED) is 0.858. The Labute approximate surface area is 140 Å². The van der Waals surface area contributed by atoms with E-state index in [2.05, 4.69) is 4.90 Å². The molecular weight excluding hydrogens is 323 g/mol. The van der Waals surface area contributed by atoms with Gasteiger partial charge in [0, 0.05) is 6.54 Å². The topological polar surface area (TPSA) is 41.9 Å². The van der Waals surface area contributed by atoms with Gasteiger partial charge in [-0.15, -0.1) is 0 Å². The van der Waals surface area contributed by atoms with Gasteiger partial charge in [-0.2, -0.15) is 13.2 Å². The monoisotopic (exact) mass is 347 g/mol. The Morgan fingerprint density at radius 2 is 1.92 bits per heavy atom. The second-order valence-corrected chi connectivity index (χ2v) is 6.02. The number of aliphatic hydroxyl groups is 1. The van der Waals surface area contributed by atoms with E-state index in [1.54, 1.807) is 7.11 Å². The zero-order valence-electron chi connectivity index (χ0n) is 14.0. The number of methoxy groups -OCH3 is 1. The predicted octanol–water partition coefficient (Wildman–Crippen LogP) is 3.23. The van der Waals surface area contributed by atoms with Crippen molar-refractivity contribution in [2.75, 3.05) is 26.8 Å². The Balaban J connectivity index is 1.92. The number of rotatable bonds is 6. The van der Waals surface area contributed by atoms with Crippen LogP contribution in [-0.4, -0.2) is 49.1 Å². The van der Waals surface area contributed by atoms with E-state index in [1.807, 2.05) is 25.1 Å². The lowest BCUT2D eigenvalue weighted by Gasteiger charge is -2.34. The third kappa shape index (κ3) is 4.77. The Kier molecular flexibility index (Phi) is 6.34. The van der Waals surface area contributed by atoms with Crippen molar-refractivity contribution in [3.8, 4) is 11.5 Å². The molecule has 2 rings (SSSR count). The van der Waals surface area contributed by atoms with Crippen LogP contribution < -0.4 is 9.47 Å². The van der Waals surface area contributed by atoms with E-state index in [4.69, 9.17) is 9.47 Å². The van der Waals surface area contributed by atoms with E-state index >= 15 is 0 Å². The van der Waals surface area contributed by atoms with Crippen LogP contribution >= 0.6 is 0 Å². The highest BCUT2D eigenvalue weighted by molar-refractivity contribution is 5.42. The van der Waals surface area contributed by atoms with E-state index < -0.39 is 18.2 Å². The number of ether oxygens (including phenoxy) is 2. The first-order valence-electron chi connectivity index (χ1n) is 8.12. The molecule has 1 unspecified atom stereocenters. The van der Waals surface area contributed by atoms with Crippen molar-refractivity contribution in [2.45, 2.75) is 38.6 Å². The van der Waals surface area contributed by atoms with Gasteiger partial charge < -0.3 is 14.6 Å². The van der Waals surface area contributed by atoms with Crippen LogP contribution in [0.2, 0.25) is 0 Å². The van der Waals surface area contributed by atoms with Crippen molar-refractivity contribution in [2.24, 2.45) is 5.92 Å². The van der Waals surface area contributed by atoms with Gasteiger partial charge in [-0.1, -0.05) is 6.07 Å². The zero-order valence-corrected chi connectivity index (χ0v) is 14.0. The molecule has 0 aliphatic carbocycles. The lowest BCUT2D eigenvalue weighted by atomic mass is 9.90. The highest BCUT2D eigenvalue weighted by Crippen LogP contribution is 2.33. The summed E-state index contributed by atoms with van der Waals surface area (Å²) in [6, 6.07) is 5.67. The third-order valence-electron chi connectivity index (χ3n) is 4.35. The standard InChI is InChI=1S/C17H24F3NO3/c1-3-24-14-5-4-12(10-15(14)23-2)11-21-8-6-13(7-9-21)16(22)17(18,19)20/h4-5,10,13,16,22H,3,6-9,11H2,1-2H3. The van der Waals surface area contributed by atoms with Crippen LogP contribution in [0.3, 0.4) is 0 Å². The molecular formula is C17H24F3NO3. The fraction of sp³-hybridized carbons (Fsp3) is 0.647. The third-order valence-corrected chi connectivity index (χ3v) is 4.35. The summed E-state index contributed by atoms with van der Waals surface area (Å²) in [7, 11) is 1.58. The predicted molar refractivity (Wildman–Crippen MR) is 84.2 cm³/mol. The SMILES string of the molecule is CCOc1ccc(CN2CCC(C(O)C(F)(F)F)CC2)cc1OC. The van der Waals surface area contributed by atoms with Gasteiger partial charge in [0.1, 0.15) is 0 Å². The largest absolute Gasteiger partial charge is 0.493 e. The van der Waals surface area contributed by atoms with Crippen molar-refractivity contribution in [1.29, 1.82) is 0 Å². The van der Waals surface area contributed by atoms with Crippen LogP contribution in [0.15, 0.2) is 18.2 Å². The second kappa shape index (κ2) is 8.07. The summed E-state index contributed by atoms with van der Waals surface area (Å²) >= 11 is 0. The summed E-state index contributed by atoms with van der Waals surface area (Å²) in [4.78, 5) is 2.09. The average molecular weight is 347 g/mol. The molecule has 0 spiro atoms. The number of halogens is 3. The molecule has 0 bridgehead atoms. The molecule has 0 radical (unpaired) electrons. The van der Waals surface area contributed by atoms with Gasteiger partial charge in [0.2, 0.25) is 0 Å². The Morgan fingerprint density at radius 3 is 2.46 bits per heavy atom. The molecule has 1 aromatic rings. The first kappa shape index (κ1) is 18.9. The lowest BCUT2D eigenvalue weighted by Crippen LogP contribution is -2.43. The van der Waals surface area contributed by atoms with Crippen LogP contribution in [0.25, 0.3) is 0 Å². The van der Waals surface area contributed by atoms with Gasteiger partial charge in [-0.05, 0) is 56.5 Å². The molecule has 1 aromatic carbocycles. The van der Waals surface area contributed by atoms with Crippen LogP contribution in [0.5, 0.6) is 11.5 Å². The first-order valence-corrected chi connectivity index (χ1v) is 8.12. The van der Waals surface area contributed by atoms with Crippen molar-refractivity contribution >= 4 is 0 Å². The number of hydrogen-bond acceptors (Lipinski definition) is 4. The minimum absolute atomic E-state index is 0.342. The number of alkyl halides is 3. The maximum atomic E-state index is 12.6. The number of aliphatic hydroxyl groups excluding tert-OH is 1. The summed E-state index contributed by atoms with van der Waals surface area (Å²) in [5.74, 6) is 0.614. The van der Waals surface area contributed by atoms with Gasteiger partial charge in [0.25, 0.3) is 0 Å². The summed E-state index contributed by atoms with van der Waals surface area (Å²) in [6.45, 7) is 4.15. The molecule has 1 atom stereocenters. The molecule has 1 fully saturated rings. The van der Waals surface area contributed by atoms with Gasteiger partial charge in [-0.25, -0.2) is 0 Å². The van der Waals surface area contributed by atoms with Crippen molar-refractivity contribution in [3.05, 3.63) is 23.8 Å². The zero-order chi connectivity index (χ0) is 17.7.